The van der Waals surface area contributed by atoms with Gasteiger partial charge >= 0.3 is 0 Å². The Labute approximate surface area is 142 Å². The van der Waals surface area contributed by atoms with Gasteiger partial charge in [-0.1, -0.05) is 18.2 Å². The molecule has 24 heavy (non-hydrogen) atoms. The molecule has 0 aliphatic carbocycles. The van der Waals surface area contributed by atoms with E-state index in [4.69, 9.17) is 9.47 Å². The van der Waals surface area contributed by atoms with Crippen LogP contribution in [0.5, 0.6) is 5.88 Å². The largest absolute Gasteiger partial charge is 0.471 e. The topological polar surface area (TPSA) is 51.7 Å². The summed E-state index contributed by atoms with van der Waals surface area (Å²) in [7, 11) is 0. The first-order chi connectivity index (χ1) is 11.7. The zero-order chi connectivity index (χ0) is 16.9. The Balaban J connectivity index is 1.89. The van der Waals surface area contributed by atoms with Crippen LogP contribution < -0.4 is 9.64 Å². The lowest BCUT2D eigenvalue weighted by Crippen LogP contribution is -2.32. The van der Waals surface area contributed by atoms with Gasteiger partial charge in [0, 0.05) is 24.8 Å². The predicted molar refractivity (Wildman–Crippen MR) is 92.6 cm³/mol. The van der Waals surface area contributed by atoms with E-state index in [1.54, 1.807) is 23.2 Å². The Morgan fingerprint density at radius 3 is 2.88 bits per heavy atom. The molecule has 5 heteroatoms. The Morgan fingerprint density at radius 2 is 2.17 bits per heavy atom. The molecule has 5 nitrogen and oxygen atoms in total. The third kappa shape index (κ3) is 3.41. The van der Waals surface area contributed by atoms with E-state index in [-0.39, 0.29) is 12.0 Å². The van der Waals surface area contributed by atoms with E-state index in [0.717, 1.165) is 17.7 Å². The number of hydrogen-bond donors (Lipinski definition) is 0. The van der Waals surface area contributed by atoms with Gasteiger partial charge in [-0.05, 0) is 37.6 Å². The minimum Gasteiger partial charge on any atom is -0.471 e. The summed E-state index contributed by atoms with van der Waals surface area (Å²) in [6.45, 7) is 5.77. The van der Waals surface area contributed by atoms with Crippen molar-refractivity contribution in [2.24, 2.45) is 0 Å². The van der Waals surface area contributed by atoms with Crippen LogP contribution in [0, 0.1) is 6.92 Å². The fourth-order valence-electron chi connectivity index (χ4n) is 2.85. The van der Waals surface area contributed by atoms with Crippen LogP contribution >= 0.6 is 0 Å². The Hall–Kier alpha value is -2.40. The number of aromatic nitrogens is 1. The van der Waals surface area contributed by atoms with Gasteiger partial charge in [0.05, 0.1) is 13.2 Å². The molecule has 126 valence electrons. The summed E-state index contributed by atoms with van der Waals surface area (Å²) >= 11 is 0. The third-order valence-electron chi connectivity index (χ3n) is 4.14. The van der Waals surface area contributed by atoms with Crippen molar-refractivity contribution < 1.29 is 14.3 Å². The van der Waals surface area contributed by atoms with Gasteiger partial charge in [-0.2, -0.15) is 0 Å². The molecule has 1 saturated heterocycles. The van der Waals surface area contributed by atoms with E-state index in [1.807, 2.05) is 38.1 Å². The van der Waals surface area contributed by atoms with Gasteiger partial charge in [-0.25, -0.2) is 4.98 Å². The fourth-order valence-corrected chi connectivity index (χ4v) is 2.85. The van der Waals surface area contributed by atoms with Gasteiger partial charge in [0.1, 0.15) is 11.7 Å². The molecule has 2 aromatic rings. The summed E-state index contributed by atoms with van der Waals surface area (Å²) in [5.74, 6) is 0.277. The molecule has 0 spiro atoms. The van der Waals surface area contributed by atoms with Crippen molar-refractivity contribution in [3.63, 3.8) is 0 Å². The van der Waals surface area contributed by atoms with Crippen molar-refractivity contribution >= 4 is 11.6 Å². The van der Waals surface area contributed by atoms with E-state index >= 15 is 0 Å². The molecule has 1 aromatic carbocycles. The van der Waals surface area contributed by atoms with Crippen molar-refractivity contribution in [2.45, 2.75) is 26.4 Å². The summed E-state index contributed by atoms with van der Waals surface area (Å²) in [5.41, 5.74) is 2.45. The lowest BCUT2D eigenvalue weighted by atomic mass is 10.1. The molecule has 1 atom stereocenters. The molecule has 1 fully saturated rings. The first kappa shape index (κ1) is 16.5. The maximum absolute atomic E-state index is 13.1. The summed E-state index contributed by atoms with van der Waals surface area (Å²) in [6, 6.07) is 11.4. The zero-order valence-electron chi connectivity index (χ0n) is 14.1. The zero-order valence-corrected chi connectivity index (χ0v) is 14.1. The third-order valence-corrected chi connectivity index (χ3v) is 4.14. The first-order valence-corrected chi connectivity index (χ1v) is 8.27. The second-order valence-corrected chi connectivity index (χ2v) is 5.80. The molecule has 1 amide bonds. The molecule has 1 aromatic heterocycles. The Kier molecular flexibility index (Phi) is 5.11. The van der Waals surface area contributed by atoms with Crippen LogP contribution in [0.25, 0.3) is 0 Å². The summed E-state index contributed by atoms with van der Waals surface area (Å²) in [6.07, 6.45) is 2.42. The average molecular weight is 326 g/mol. The monoisotopic (exact) mass is 326 g/mol. The van der Waals surface area contributed by atoms with Crippen LogP contribution in [0.1, 0.15) is 29.3 Å². The minimum absolute atomic E-state index is 0.0417. The number of pyridine rings is 1. The van der Waals surface area contributed by atoms with Gasteiger partial charge in [0.15, 0.2) is 0 Å². The molecule has 0 saturated carbocycles. The number of nitrogens with zero attached hydrogens (tertiary/aromatic N) is 2. The molecular weight excluding hydrogens is 304 g/mol. The molecule has 1 unspecified atom stereocenters. The van der Waals surface area contributed by atoms with E-state index in [2.05, 4.69) is 4.98 Å². The molecule has 2 heterocycles. The molecule has 1 aliphatic heterocycles. The number of para-hydroxylation sites is 1. The minimum atomic E-state index is -0.103. The smallest absolute Gasteiger partial charge is 0.263 e. The molecule has 3 rings (SSSR count). The number of rotatable bonds is 5. The highest BCUT2D eigenvalue weighted by atomic mass is 16.5. The van der Waals surface area contributed by atoms with E-state index in [9.17, 15) is 4.79 Å². The number of benzene rings is 1. The van der Waals surface area contributed by atoms with Crippen LogP contribution in [-0.4, -0.2) is 36.8 Å². The van der Waals surface area contributed by atoms with Crippen molar-refractivity contribution in [3.05, 3.63) is 53.7 Å². The number of carbonyl (C=O) groups excluding carboxylic acids is 1. The van der Waals surface area contributed by atoms with Gasteiger partial charge in [0.25, 0.3) is 5.91 Å². The SMILES string of the molecule is CCN(C(=O)c1cccnc1OC1CCOC1)c1ccccc1C. The normalized spacial score (nSPS) is 16.8. The molecule has 0 radical (unpaired) electrons. The van der Waals surface area contributed by atoms with E-state index in [0.29, 0.717) is 31.2 Å². The standard InChI is InChI=1S/C19H22N2O3/c1-3-21(17-9-5-4-7-14(17)2)19(22)16-8-6-11-20-18(16)24-15-10-12-23-13-15/h4-9,11,15H,3,10,12-13H2,1-2H3. The lowest BCUT2D eigenvalue weighted by Gasteiger charge is -2.24. The lowest BCUT2D eigenvalue weighted by molar-refractivity contribution is 0.0974. The predicted octanol–water partition coefficient (Wildman–Crippen LogP) is 3.22. The Morgan fingerprint density at radius 1 is 1.33 bits per heavy atom. The van der Waals surface area contributed by atoms with Crippen LogP contribution in [0.3, 0.4) is 0 Å². The van der Waals surface area contributed by atoms with E-state index < -0.39 is 0 Å². The highest BCUT2D eigenvalue weighted by molar-refractivity contribution is 6.07. The quantitative estimate of drug-likeness (QED) is 0.846. The second-order valence-electron chi connectivity index (χ2n) is 5.80. The fraction of sp³-hybridized carbons (Fsp3) is 0.368. The molecule has 1 aliphatic rings. The van der Waals surface area contributed by atoms with Crippen LogP contribution in [0.15, 0.2) is 42.6 Å². The summed E-state index contributed by atoms with van der Waals surface area (Å²) in [5, 5.41) is 0. The first-order valence-electron chi connectivity index (χ1n) is 8.27. The van der Waals surface area contributed by atoms with Crippen molar-refractivity contribution in [2.75, 3.05) is 24.7 Å². The maximum atomic E-state index is 13.1. The van der Waals surface area contributed by atoms with Gasteiger partial charge in [-0.3, -0.25) is 4.79 Å². The number of ether oxygens (including phenoxy) is 2. The average Bonchev–Trinajstić information content (AvgIpc) is 3.10. The number of amides is 1. The second kappa shape index (κ2) is 7.45. The number of anilines is 1. The number of carbonyl (C=O) groups is 1. The van der Waals surface area contributed by atoms with Gasteiger partial charge < -0.3 is 14.4 Å². The van der Waals surface area contributed by atoms with E-state index in [1.165, 1.54) is 0 Å². The molecule has 0 bridgehead atoms. The van der Waals surface area contributed by atoms with Crippen molar-refractivity contribution in [3.8, 4) is 5.88 Å². The van der Waals surface area contributed by atoms with Crippen molar-refractivity contribution in [1.29, 1.82) is 0 Å². The Bertz CT molecular complexity index is 711. The van der Waals surface area contributed by atoms with Crippen LogP contribution in [-0.2, 0) is 4.74 Å². The molecule has 0 N–H and O–H groups in total. The van der Waals surface area contributed by atoms with Gasteiger partial charge in [-0.15, -0.1) is 0 Å². The number of aryl methyl sites for hydroxylation is 1. The summed E-state index contributed by atoms with van der Waals surface area (Å²) in [4.78, 5) is 19.1. The summed E-state index contributed by atoms with van der Waals surface area (Å²) < 4.78 is 11.2. The van der Waals surface area contributed by atoms with Crippen LogP contribution in [0.4, 0.5) is 5.69 Å². The van der Waals surface area contributed by atoms with Crippen molar-refractivity contribution in [1.82, 2.24) is 4.98 Å². The highest BCUT2D eigenvalue weighted by Crippen LogP contribution is 2.25. The number of hydrogen-bond acceptors (Lipinski definition) is 4. The van der Waals surface area contributed by atoms with Crippen LogP contribution in [0.2, 0.25) is 0 Å². The highest BCUT2D eigenvalue weighted by Gasteiger charge is 2.25. The molecular formula is C19H22N2O3. The maximum Gasteiger partial charge on any atom is 0.263 e. The van der Waals surface area contributed by atoms with Gasteiger partial charge in [0.2, 0.25) is 5.88 Å².